The first kappa shape index (κ1) is 20.2. The number of nitro groups is 1. The van der Waals surface area contributed by atoms with E-state index in [0.29, 0.717) is 26.7 Å². The van der Waals surface area contributed by atoms with Crippen LogP contribution in [0.1, 0.15) is 25.6 Å². The Balaban J connectivity index is 1.56. The average Bonchev–Trinajstić information content (AvgIpc) is 3.18. The first-order chi connectivity index (χ1) is 13.9. The largest absolute Gasteiger partial charge is 0.324 e. The Morgan fingerprint density at radius 3 is 2.21 bits per heavy atom. The molecule has 0 radical (unpaired) electrons. The van der Waals surface area contributed by atoms with E-state index in [1.54, 1.807) is 36.4 Å². The van der Waals surface area contributed by atoms with E-state index in [4.69, 9.17) is 11.6 Å². The topological polar surface area (TPSA) is 114 Å². The Hall–Kier alpha value is -3.56. The number of benzene rings is 2. The average molecular weight is 429 g/mol. The summed E-state index contributed by atoms with van der Waals surface area (Å²) in [4.78, 5) is 35.0. The van der Waals surface area contributed by atoms with Crippen molar-refractivity contribution < 1.29 is 14.5 Å². The number of carbonyl (C=O) groups excluding carboxylic acids is 2. The molecule has 3 aromatic rings. The zero-order valence-electron chi connectivity index (χ0n) is 14.7. The van der Waals surface area contributed by atoms with Gasteiger partial charge in [0.15, 0.2) is 0 Å². The molecule has 0 bridgehead atoms. The SMILES string of the molecule is O=C(N/N=C\c1ccc([N+](=O)[O-])s1)c1ccc(NC(=O)c2ccc(Cl)cc2)cc1. The second-order valence-corrected chi connectivity index (χ2v) is 7.20. The summed E-state index contributed by atoms with van der Waals surface area (Å²) in [6.07, 6.45) is 1.33. The summed E-state index contributed by atoms with van der Waals surface area (Å²) in [6, 6.07) is 15.6. The predicted molar refractivity (Wildman–Crippen MR) is 112 cm³/mol. The predicted octanol–water partition coefficient (Wildman–Crippen LogP) is 4.33. The summed E-state index contributed by atoms with van der Waals surface area (Å²) in [7, 11) is 0. The van der Waals surface area contributed by atoms with Crippen LogP contribution in [0.3, 0.4) is 0 Å². The Kier molecular flexibility index (Phi) is 6.32. The lowest BCUT2D eigenvalue weighted by Gasteiger charge is -2.06. The van der Waals surface area contributed by atoms with Gasteiger partial charge >= 0.3 is 5.00 Å². The molecule has 146 valence electrons. The van der Waals surface area contributed by atoms with E-state index >= 15 is 0 Å². The third-order valence-electron chi connectivity index (χ3n) is 3.66. The van der Waals surface area contributed by atoms with Crippen LogP contribution in [-0.2, 0) is 0 Å². The fourth-order valence-electron chi connectivity index (χ4n) is 2.24. The first-order valence-corrected chi connectivity index (χ1v) is 9.36. The molecule has 3 rings (SSSR count). The smallest absolute Gasteiger partial charge is 0.322 e. The number of hydrogen-bond donors (Lipinski definition) is 2. The monoisotopic (exact) mass is 428 g/mol. The maximum Gasteiger partial charge on any atom is 0.324 e. The van der Waals surface area contributed by atoms with Crippen LogP contribution in [0.25, 0.3) is 0 Å². The second-order valence-electron chi connectivity index (χ2n) is 5.67. The fraction of sp³-hybridized carbons (Fsp3) is 0. The summed E-state index contributed by atoms with van der Waals surface area (Å²) in [5.74, 6) is -0.753. The quantitative estimate of drug-likeness (QED) is 0.345. The molecule has 0 aliphatic rings. The number of anilines is 1. The number of halogens is 1. The fourth-order valence-corrected chi connectivity index (χ4v) is 3.06. The van der Waals surface area contributed by atoms with Crippen molar-refractivity contribution in [2.24, 2.45) is 5.10 Å². The van der Waals surface area contributed by atoms with Crippen LogP contribution in [0.15, 0.2) is 65.8 Å². The van der Waals surface area contributed by atoms with Crippen LogP contribution in [0, 0.1) is 10.1 Å². The molecular formula is C19H13ClN4O4S. The highest BCUT2D eigenvalue weighted by atomic mass is 35.5. The third-order valence-corrected chi connectivity index (χ3v) is 4.89. The molecule has 0 unspecified atom stereocenters. The van der Waals surface area contributed by atoms with Gasteiger partial charge in [0, 0.05) is 27.9 Å². The van der Waals surface area contributed by atoms with Crippen LogP contribution in [-0.4, -0.2) is 23.0 Å². The van der Waals surface area contributed by atoms with Crippen LogP contribution in [0.2, 0.25) is 5.02 Å². The van der Waals surface area contributed by atoms with Crippen LogP contribution in [0.5, 0.6) is 0 Å². The maximum atomic E-state index is 12.2. The Labute approximate surface area is 174 Å². The van der Waals surface area contributed by atoms with Crippen molar-refractivity contribution in [3.05, 3.63) is 91.8 Å². The number of carbonyl (C=O) groups is 2. The molecule has 0 saturated carbocycles. The van der Waals surface area contributed by atoms with Crippen LogP contribution >= 0.6 is 22.9 Å². The number of nitrogens with zero attached hydrogens (tertiary/aromatic N) is 2. The third kappa shape index (κ3) is 5.47. The van der Waals surface area contributed by atoms with E-state index in [-0.39, 0.29) is 10.9 Å². The highest BCUT2D eigenvalue weighted by Gasteiger charge is 2.09. The summed E-state index contributed by atoms with van der Waals surface area (Å²) in [6.45, 7) is 0. The van der Waals surface area contributed by atoms with Gasteiger partial charge in [-0.1, -0.05) is 22.9 Å². The highest BCUT2D eigenvalue weighted by Crippen LogP contribution is 2.22. The molecule has 0 saturated heterocycles. The minimum absolute atomic E-state index is 0.00554. The van der Waals surface area contributed by atoms with Gasteiger partial charge in [-0.05, 0) is 54.6 Å². The lowest BCUT2D eigenvalue weighted by Crippen LogP contribution is -2.17. The van der Waals surface area contributed by atoms with Gasteiger partial charge in [0.2, 0.25) is 0 Å². The molecule has 29 heavy (non-hydrogen) atoms. The molecule has 0 fully saturated rings. The van der Waals surface area contributed by atoms with Gasteiger partial charge in [-0.15, -0.1) is 0 Å². The standard InChI is InChI=1S/C19H13ClN4O4S/c20-14-5-1-12(2-6-14)18(25)22-15-7-3-13(4-8-15)19(26)23-21-11-16-9-10-17(29-16)24(27)28/h1-11H,(H,22,25)(H,23,26)/b21-11-. The van der Waals surface area contributed by atoms with Crippen molar-refractivity contribution in [2.75, 3.05) is 5.32 Å². The highest BCUT2D eigenvalue weighted by molar-refractivity contribution is 7.16. The molecule has 2 N–H and O–H groups in total. The summed E-state index contributed by atoms with van der Waals surface area (Å²) in [5.41, 5.74) is 3.66. The molecule has 1 aromatic heterocycles. The minimum Gasteiger partial charge on any atom is -0.322 e. The molecule has 2 aromatic carbocycles. The lowest BCUT2D eigenvalue weighted by molar-refractivity contribution is -0.380. The Bertz CT molecular complexity index is 1080. The van der Waals surface area contributed by atoms with Gasteiger partial charge in [0.1, 0.15) is 0 Å². The first-order valence-electron chi connectivity index (χ1n) is 8.17. The van der Waals surface area contributed by atoms with E-state index in [1.165, 1.54) is 30.5 Å². The number of hydrogen-bond acceptors (Lipinski definition) is 6. The van der Waals surface area contributed by atoms with Crippen molar-refractivity contribution in [1.82, 2.24) is 5.43 Å². The van der Waals surface area contributed by atoms with E-state index in [1.807, 2.05) is 0 Å². The zero-order chi connectivity index (χ0) is 20.8. The number of nitrogens with one attached hydrogen (secondary N) is 2. The Morgan fingerprint density at radius 2 is 1.59 bits per heavy atom. The van der Waals surface area contributed by atoms with Gasteiger partial charge < -0.3 is 5.32 Å². The van der Waals surface area contributed by atoms with Gasteiger partial charge in [-0.3, -0.25) is 19.7 Å². The van der Waals surface area contributed by atoms with Crippen molar-refractivity contribution in [3.8, 4) is 0 Å². The van der Waals surface area contributed by atoms with Gasteiger partial charge in [-0.2, -0.15) is 5.10 Å². The maximum absolute atomic E-state index is 12.2. The second kappa shape index (κ2) is 9.09. The molecule has 10 heteroatoms. The number of hydrazone groups is 1. The number of rotatable bonds is 6. The molecule has 1 heterocycles. The van der Waals surface area contributed by atoms with E-state index in [2.05, 4.69) is 15.8 Å². The summed E-state index contributed by atoms with van der Waals surface area (Å²) in [5, 5.41) is 17.7. The van der Waals surface area contributed by atoms with E-state index < -0.39 is 10.8 Å². The Morgan fingerprint density at radius 1 is 0.966 bits per heavy atom. The van der Waals surface area contributed by atoms with Crippen molar-refractivity contribution >= 4 is 51.7 Å². The van der Waals surface area contributed by atoms with E-state index in [9.17, 15) is 19.7 Å². The number of thiophene rings is 1. The van der Waals surface area contributed by atoms with Gasteiger partial charge in [0.25, 0.3) is 11.8 Å². The van der Waals surface area contributed by atoms with Gasteiger partial charge in [0.05, 0.1) is 16.0 Å². The molecule has 0 aliphatic carbocycles. The molecule has 8 nitrogen and oxygen atoms in total. The zero-order valence-corrected chi connectivity index (χ0v) is 16.2. The van der Waals surface area contributed by atoms with Crippen molar-refractivity contribution in [1.29, 1.82) is 0 Å². The van der Waals surface area contributed by atoms with E-state index in [0.717, 1.165) is 11.3 Å². The molecule has 2 amide bonds. The van der Waals surface area contributed by atoms with Crippen LogP contribution in [0.4, 0.5) is 10.7 Å². The van der Waals surface area contributed by atoms with Crippen molar-refractivity contribution in [3.63, 3.8) is 0 Å². The van der Waals surface area contributed by atoms with Crippen LogP contribution < -0.4 is 10.7 Å². The normalized spacial score (nSPS) is 10.7. The molecular weight excluding hydrogens is 416 g/mol. The van der Waals surface area contributed by atoms with Gasteiger partial charge in [-0.25, -0.2) is 5.43 Å². The summed E-state index contributed by atoms with van der Waals surface area (Å²) >= 11 is 6.75. The van der Waals surface area contributed by atoms with Crippen molar-refractivity contribution in [2.45, 2.75) is 0 Å². The molecule has 0 spiro atoms. The summed E-state index contributed by atoms with van der Waals surface area (Å²) < 4.78 is 0. The number of amides is 2. The molecule has 0 atom stereocenters. The molecule has 0 aliphatic heterocycles. The minimum atomic E-state index is -0.492. The lowest BCUT2D eigenvalue weighted by atomic mass is 10.1.